The van der Waals surface area contributed by atoms with Crippen molar-refractivity contribution in [2.24, 2.45) is 0 Å². The molecule has 3 aromatic rings. The van der Waals surface area contributed by atoms with Gasteiger partial charge in [-0.3, -0.25) is 4.79 Å². The van der Waals surface area contributed by atoms with Gasteiger partial charge < -0.3 is 25.0 Å². The molecule has 0 spiro atoms. The third-order valence-electron chi connectivity index (χ3n) is 3.73. The van der Waals surface area contributed by atoms with Crippen LogP contribution in [-0.2, 0) is 0 Å². The first-order chi connectivity index (χ1) is 11.6. The Labute approximate surface area is 136 Å². The van der Waals surface area contributed by atoms with E-state index in [0.717, 1.165) is 5.39 Å². The lowest BCUT2D eigenvalue weighted by atomic mass is 10.1. The molecule has 7 nitrogen and oxygen atoms in total. The van der Waals surface area contributed by atoms with Gasteiger partial charge in [-0.1, -0.05) is 18.2 Å². The van der Waals surface area contributed by atoms with Crippen LogP contribution in [0.15, 0.2) is 36.4 Å². The second kappa shape index (κ2) is 5.02. The second-order valence-corrected chi connectivity index (χ2v) is 5.24. The third kappa shape index (κ3) is 2.14. The molecule has 1 amide bonds. The molecule has 0 atom stereocenters. The quantitative estimate of drug-likeness (QED) is 0.304. The number of anilines is 1. The predicted octanol–water partition coefficient (Wildman–Crippen LogP) is 3.01. The van der Waals surface area contributed by atoms with E-state index < -0.39 is 5.91 Å². The number of nitrogens with zero attached hydrogens (tertiary/aromatic N) is 1. The van der Waals surface area contributed by atoms with E-state index in [1.54, 1.807) is 6.07 Å². The van der Waals surface area contributed by atoms with Crippen LogP contribution in [0.25, 0.3) is 10.9 Å². The molecule has 1 aliphatic rings. The summed E-state index contributed by atoms with van der Waals surface area (Å²) in [5.41, 5.74) is 0.953. The second-order valence-electron chi connectivity index (χ2n) is 5.24. The molecular formula is C17H12N2O5. The topological polar surface area (TPSA) is 104 Å². The van der Waals surface area contributed by atoms with Gasteiger partial charge in [-0.15, -0.1) is 0 Å². The number of benzene rings is 2. The van der Waals surface area contributed by atoms with Crippen LogP contribution < -0.4 is 14.8 Å². The summed E-state index contributed by atoms with van der Waals surface area (Å²) in [6.45, 7) is 0. The lowest BCUT2D eigenvalue weighted by molar-refractivity contribution is 0.102. The first-order valence-electron chi connectivity index (χ1n) is 7.10. The summed E-state index contributed by atoms with van der Waals surface area (Å²) < 4.78 is 10.1. The number of para-hydroxylation sites is 1. The Morgan fingerprint density at radius 1 is 1.21 bits per heavy atom. The largest absolute Gasteiger partial charge is 0.504 e. The van der Waals surface area contributed by atoms with Crippen LogP contribution >= 0.6 is 0 Å². The molecule has 0 saturated carbocycles. The summed E-state index contributed by atoms with van der Waals surface area (Å²) >= 11 is 0. The monoisotopic (exact) mass is 324 g/mol. The molecule has 120 valence electrons. The molecule has 1 aliphatic heterocycles. The van der Waals surface area contributed by atoms with Crippen LogP contribution in [0.2, 0.25) is 0 Å². The van der Waals surface area contributed by atoms with Crippen molar-refractivity contribution in [2.45, 2.75) is 0 Å². The first kappa shape index (κ1) is 14.1. The number of rotatable bonds is 3. The standard InChI is InChI=1S/C17H12N2O5/c1-23-17-9(6-8-4-2-3-5-10(8)19-17)16(22)18-11-7-12(20)14-15(24-14)13(11)21/h2-7,20-21H,1H3,(H,18,22). The Morgan fingerprint density at radius 3 is 2.79 bits per heavy atom. The molecular weight excluding hydrogens is 312 g/mol. The highest BCUT2D eigenvalue weighted by molar-refractivity contribution is 6.09. The molecule has 2 aromatic carbocycles. The average Bonchev–Trinajstić information content (AvgIpc) is 3.39. The van der Waals surface area contributed by atoms with Crippen LogP contribution in [-0.4, -0.2) is 28.2 Å². The number of carbonyl (C=O) groups excluding carboxylic acids is 1. The number of hydrogen-bond acceptors (Lipinski definition) is 6. The fourth-order valence-electron chi connectivity index (χ4n) is 2.50. The molecule has 4 rings (SSSR count). The van der Waals surface area contributed by atoms with Crippen LogP contribution in [0.3, 0.4) is 0 Å². The maximum Gasteiger partial charge on any atom is 0.261 e. The number of aromatic nitrogens is 1. The molecule has 1 aromatic heterocycles. The van der Waals surface area contributed by atoms with E-state index in [1.165, 1.54) is 13.2 Å². The van der Waals surface area contributed by atoms with E-state index in [1.807, 2.05) is 24.3 Å². The van der Waals surface area contributed by atoms with Gasteiger partial charge >= 0.3 is 0 Å². The van der Waals surface area contributed by atoms with Gasteiger partial charge in [0.05, 0.1) is 18.3 Å². The minimum Gasteiger partial charge on any atom is -0.504 e. The van der Waals surface area contributed by atoms with E-state index in [9.17, 15) is 15.0 Å². The Kier molecular flexibility index (Phi) is 2.96. The van der Waals surface area contributed by atoms with E-state index in [0.29, 0.717) is 5.52 Å². The third-order valence-corrected chi connectivity index (χ3v) is 3.73. The van der Waals surface area contributed by atoms with Crippen molar-refractivity contribution in [1.29, 1.82) is 0 Å². The fraction of sp³-hybridized carbons (Fsp3) is 0.0588. The summed E-state index contributed by atoms with van der Waals surface area (Å²) in [6.07, 6.45) is 0. The van der Waals surface area contributed by atoms with E-state index in [2.05, 4.69) is 10.3 Å². The van der Waals surface area contributed by atoms with Crippen molar-refractivity contribution in [1.82, 2.24) is 4.98 Å². The molecule has 2 heterocycles. The number of carbonyl (C=O) groups is 1. The lowest BCUT2D eigenvalue weighted by Gasteiger charge is -2.10. The van der Waals surface area contributed by atoms with Gasteiger partial charge in [0, 0.05) is 11.5 Å². The number of phenolic OH excluding ortho intramolecular Hbond substituents is 2. The lowest BCUT2D eigenvalue weighted by Crippen LogP contribution is -2.14. The van der Waals surface area contributed by atoms with Gasteiger partial charge in [-0.2, -0.15) is 0 Å². The first-order valence-corrected chi connectivity index (χ1v) is 7.10. The fourth-order valence-corrected chi connectivity index (χ4v) is 2.50. The SMILES string of the molecule is COc1nc2ccccc2cc1C(=O)Nc1cc(O)c2c(c1O)O2. The number of pyridine rings is 1. The minimum atomic E-state index is -0.527. The van der Waals surface area contributed by atoms with Gasteiger partial charge in [0.1, 0.15) is 5.56 Å². The number of aromatic hydroxyl groups is 2. The molecule has 0 radical (unpaired) electrons. The number of fused-ring (bicyclic) bond motifs is 2. The van der Waals surface area contributed by atoms with Crippen LogP contribution in [0, 0.1) is 0 Å². The van der Waals surface area contributed by atoms with Crippen LogP contribution in [0.1, 0.15) is 10.4 Å². The smallest absolute Gasteiger partial charge is 0.261 e. The van der Waals surface area contributed by atoms with E-state index in [4.69, 9.17) is 9.47 Å². The number of phenols is 2. The maximum atomic E-state index is 12.6. The Balaban J connectivity index is 1.73. The predicted molar refractivity (Wildman–Crippen MR) is 86.1 cm³/mol. The number of methoxy groups -OCH3 is 1. The van der Waals surface area contributed by atoms with Crippen molar-refractivity contribution < 1.29 is 24.5 Å². The summed E-state index contributed by atoms with van der Waals surface area (Å²) in [5.74, 6) is -0.367. The Hall–Kier alpha value is -3.48. The number of nitrogens with one attached hydrogen (secondary N) is 1. The molecule has 0 aliphatic carbocycles. The van der Waals surface area contributed by atoms with Gasteiger partial charge in [0.2, 0.25) is 17.4 Å². The number of hydrogen-bond donors (Lipinski definition) is 3. The minimum absolute atomic E-state index is 0.0453. The highest BCUT2D eigenvalue weighted by atomic mass is 16.6. The Bertz CT molecular complexity index is 1000. The van der Waals surface area contributed by atoms with Crippen molar-refractivity contribution in [2.75, 3.05) is 12.4 Å². The van der Waals surface area contributed by atoms with E-state index in [-0.39, 0.29) is 40.1 Å². The van der Waals surface area contributed by atoms with Crippen LogP contribution in [0.5, 0.6) is 28.9 Å². The summed E-state index contributed by atoms with van der Waals surface area (Å²) in [7, 11) is 1.42. The zero-order valence-corrected chi connectivity index (χ0v) is 12.5. The Morgan fingerprint density at radius 2 is 2.00 bits per heavy atom. The molecule has 0 bridgehead atoms. The maximum absolute atomic E-state index is 12.6. The summed E-state index contributed by atoms with van der Waals surface area (Å²) in [4.78, 5) is 16.9. The van der Waals surface area contributed by atoms with Gasteiger partial charge in [0.25, 0.3) is 5.91 Å². The molecule has 3 N–H and O–H groups in total. The zero-order valence-electron chi connectivity index (χ0n) is 12.5. The molecule has 0 unspecified atom stereocenters. The molecule has 24 heavy (non-hydrogen) atoms. The highest BCUT2D eigenvalue weighted by Gasteiger charge is 2.33. The van der Waals surface area contributed by atoms with Crippen LogP contribution in [0.4, 0.5) is 5.69 Å². The highest BCUT2D eigenvalue weighted by Crippen LogP contribution is 2.60. The van der Waals surface area contributed by atoms with Gasteiger partial charge in [0.15, 0.2) is 11.5 Å². The molecule has 0 fully saturated rings. The molecule has 7 heteroatoms. The normalized spacial score (nSPS) is 11.5. The summed E-state index contributed by atoms with van der Waals surface area (Å²) in [5, 5.41) is 23.0. The number of ether oxygens (including phenoxy) is 2. The average molecular weight is 324 g/mol. The van der Waals surface area contributed by atoms with Gasteiger partial charge in [-0.05, 0) is 12.1 Å². The van der Waals surface area contributed by atoms with Crippen molar-refractivity contribution in [3.63, 3.8) is 0 Å². The van der Waals surface area contributed by atoms with E-state index >= 15 is 0 Å². The van der Waals surface area contributed by atoms with Crippen molar-refractivity contribution >= 4 is 22.5 Å². The zero-order chi connectivity index (χ0) is 16.8. The molecule has 0 saturated heterocycles. The number of amides is 1. The van der Waals surface area contributed by atoms with Gasteiger partial charge in [-0.25, -0.2) is 4.98 Å². The van der Waals surface area contributed by atoms with Crippen molar-refractivity contribution in [3.8, 4) is 28.9 Å². The summed E-state index contributed by atoms with van der Waals surface area (Å²) in [6, 6.07) is 10.2. The van der Waals surface area contributed by atoms with Crippen molar-refractivity contribution in [3.05, 3.63) is 42.0 Å².